The van der Waals surface area contributed by atoms with Crippen molar-refractivity contribution < 1.29 is 0 Å². The Morgan fingerprint density at radius 2 is 1.67 bits per heavy atom. The molecular formula is C5H11Ga. The fraction of sp³-hybridized carbons (Fsp3) is 1.00. The molecule has 0 amide bonds. The van der Waals surface area contributed by atoms with Crippen LogP contribution in [0.4, 0.5) is 0 Å². The van der Waals surface area contributed by atoms with E-state index in [9.17, 15) is 0 Å². The zero-order valence-electron chi connectivity index (χ0n) is 4.57. The molecule has 34 valence electrons. The molecule has 2 radical (unpaired) electrons. The van der Waals surface area contributed by atoms with E-state index in [0.717, 1.165) is 4.47 Å². The van der Waals surface area contributed by atoms with Crippen LogP contribution in [0.3, 0.4) is 0 Å². The Balaban J connectivity index is 2.75. The van der Waals surface area contributed by atoms with Gasteiger partial charge in [0.15, 0.2) is 0 Å². The third-order valence-corrected chi connectivity index (χ3v) is 3.03. The first-order valence-electron chi connectivity index (χ1n) is 2.56. The van der Waals surface area contributed by atoms with Gasteiger partial charge in [-0.1, -0.05) is 0 Å². The van der Waals surface area contributed by atoms with Gasteiger partial charge in [0, 0.05) is 0 Å². The molecule has 0 aliphatic carbocycles. The van der Waals surface area contributed by atoms with Gasteiger partial charge in [0.25, 0.3) is 0 Å². The summed E-state index contributed by atoms with van der Waals surface area (Å²) in [7, 11) is 0. The average Bonchev–Trinajstić information content (AvgIpc) is 1.65. The SMILES string of the molecule is CC[CH]([Ga])CC. The van der Waals surface area contributed by atoms with Gasteiger partial charge in [-0.05, 0) is 0 Å². The van der Waals surface area contributed by atoms with Crippen LogP contribution in [0, 0.1) is 0 Å². The number of hydrogen-bond donors (Lipinski definition) is 0. The summed E-state index contributed by atoms with van der Waals surface area (Å²) >= 11 is 1.88. The average molecular weight is 141 g/mol. The molecule has 0 aromatic carbocycles. The molecule has 0 bridgehead atoms. The van der Waals surface area contributed by atoms with Crippen molar-refractivity contribution in [2.75, 3.05) is 0 Å². The molecule has 0 atom stereocenters. The van der Waals surface area contributed by atoms with Crippen molar-refractivity contribution in [1.29, 1.82) is 0 Å². The van der Waals surface area contributed by atoms with Crippen molar-refractivity contribution in [2.45, 2.75) is 31.2 Å². The number of hydrogen-bond acceptors (Lipinski definition) is 0. The van der Waals surface area contributed by atoms with E-state index in [2.05, 4.69) is 13.8 Å². The second-order valence-corrected chi connectivity index (χ2v) is 3.55. The molecule has 6 heavy (non-hydrogen) atoms. The second-order valence-electron chi connectivity index (χ2n) is 1.58. The Hall–Kier alpha value is 0.636. The van der Waals surface area contributed by atoms with E-state index < -0.39 is 0 Å². The van der Waals surface area contributed by atoms with E-state index in [1.165, 1.54) is 12.8 Å². The van der Waals surface area contributed by atoms with Crippen LogP contribution >= 0.6 is 0 Å². The van der Waals surface area contributed by atoms with Crippen LogP contribution in [0.5, 0.6) is 0 Å². The van der Waals surface area contributed by atoms with Gasteiger partial charge in [-0.3, -0.25) is 0 Å². The van der Waals surface area contributed by atoms with Gasteiger partial charge in [-0.15, -0.1) is 0 Å². The van der Waals surface area contributed by atoms with Gasteiger partial charge in [0.1, 0.15) is 0 Å². The van der Waals surface area contributed by atoms with E-state index >= 15 is 0 Å². The van der Waals surface area contributed by atoms with Crippen molar-refractivity contribution in [3.63, 3.8) is 0 Å². The molecule has 0 unspecified atom stereocenters. The minimum absolute atomic E-state index is 0.998. The molecule has 0 spiro atoms. The second kappa shape index (κ2) is 3.81. The Labute approximate surface area is 50.2 Å². The molecule has 0 fully saturated rings. The van der Waals surface area contributed by atoms with Crippen molar-refractivity contribution in [3.8, 4) is 0 Å². The predicted molar refractivity (Wildman–Crippen MR) is 30.1 cm³/mol. The molecule has 0 saturated carbocycles. The monoisotopic (exact) mass is 140 g/mol. The fourth-order valence-electron chi connectivity index (χ4n) is 0.289. The van der Waals surface area contributed by atoms with Gasteiger partial charge in [0.2, 0.25) is 0 Å². The fourth-order valence-corrected chi connectivity index (χ4v) is 0.289. The topological polar surface area (TPSA) is 0 Å². The maximum absolute atomic E-state index is 2.25. The molecule has 0 nitrogen and oxygen atoms in total. The van der Waals surface area contributed by atoms with Crippen LogP contribution in [0.15, 0.2) is 0 Å². The van der Waals surface area contributed by atoms with Crippen molar-refractivity contribution in [3.05, 3.63) is 0 Å². The van der Waals surface area contributed by atoms with Gasteiger partial charge in [-0.25, -0.2) is 0 Å². The molecular weight excluding hydrogens is 130 g/mol. The number of rotatable bonds is 2. The summed E-state index contributed by atoms with van der Waals surface area (Å²) in [6.07, 6.45) is 2.72. The Morgan fingerprint density at radius 1 is 1.33 bits per heavy atom. The van der Waals surface area contributed by atoms with E-state index in [1.54, 1.807) is 0 Å². The molecule has 0 aromatic heterocycles. The molecule has 0 aliphatic heterocycles. The first kappa shape index (κ1) is 6.64. The maximum atomic E-state index is 2.25. The van der Waals surface area contributed by atoms with Crippen molar-refractivity contribution in [2.24, 2.45) is 0 Å². The van der Waals surface area contributed by atoms with Gasteiger partial charge < -0.3 is 0 Å². The standard InChI is InChI=1S/C5H11.Ga/c1-3-5-4-2;/h5H,3-4H2,1-2H3;. The molecule has 0 aromatic rings. The summed E-state index contributed by atoms with van der Waals surface area (Å²) in [4.78, 5) is 0. The summed E-state index contributed by atoms with van der Waals surface area (Å²) in [5.74, 6) is 0. The molecule has 0 rings (SSSR count). The van der Waals surface area contributed by atoms with E-state index in [0.29, 0.717) is 0 Å². The minimum atomic E-state index is 0.998. The van der Waals surface area contributed by atoms with Crippen LogP contribution in [-0.2, 0) is 0 Å². The molecule has 1 heteroatoms. The van der Waals surface area contributed by atoms with Gasteiger partial charge in [-0.2, -0.15) is 0 Å². The summed E-state index contributed by atoms with van der Waals surface area (Å²) in [6, 6.07) is 0. The first-order chi connectivity index (χ1) is 2.81. The van der Waals surface area contributed by atoms with Gasteiger partial charge >= 0.3 is 49.8 Å². The van der Waals surface area contributed by atoms with Crippen LogP contribution in [0.1, 0.15) is 26.7 Å². The van der Waals surface area contributed by atoms with Crippen LogP contribution in [0.25, 0.3) is 0 Å². The van der Waals surface area contributed by atoms with E-state index in [4.69, 9.17) is 0 Å². The normalized spacial score (nSPS) is 9.83. The summed E-state index contributed by atoms with van der Waals surface area (Å²) in [5, 5.41) is 0. The molecule has 0 N–H and O–H groups in total. The molecule has 0 saturated heterocycles. The Kier molecular flexibility index (Phi) is 4.22. The van der Waals surface area contributed by atoms with Gasteiger partial charge in [0.05, 0.1) is 0 Å². The van der Waals surface area contributed by atoms with E-state index in [1.807, 2.05) is 18.6 Å². The van der Waals surface area contributed by atoms with Crippen molar-refractivity contribution in [1.82, 2.24) is 0 Å². The Morgan fingerprint density at radius 3 is 1.67 bits per heavy atom. The van der Waals surface area contributed by atoms with Crippen molar-refractivity contribution >= 4 is 18.6 Å². The quantitative estimate of drug-likeness (QED) is 0.514. The van der Waals surface area contributed by atoms with Crippen LogP contribution in [0.2, 0.25) is 4.47 Å². The zero-order chi connectivity index (χ0) is 4.99. The molecule has 0 aliphatic rings. The van der Waals surface area contributed by atoms with Crippen LogP contribution in [-0.4, -0.2) is 18.6 Å². The third-order valence-electron chi connectivity index (χ3n) is 1.05. The Bertz CT molecular complexity index is 23.1. The zero-order valence-corrected chi connectivity index (χ0v) is 6.99. The summed E-state index contributed by atoms with van der Waals surface area (Å²) in [5.41, 5.74) is 0. The third kappa shape index (κ3) is 2.85. The first-order valence-corrected chi connectivity index (χ1v) is 3.96. The summed E-state index contributed by atoms with van der Waals surface area (Å²) < 4.78 is 0.998. The summed E-state index contributed by atoms with van der Waals surface area (Å²) in [6.45, 7) is 4.49. The van der Waals surface area contributed by atoms with E-state index in [-0.39, 0.29) is 0 Å². The predicted octanol–water partition coefficient (Wildman–Crippen LogP) is 1.76. The molecule has 0 heterocycles. The van der Waals surface area contributed by atoms with Crippen LogP contribution < -0.4 is 0 Å².